The van der Waals surface area contributed by atoms with Crippen LogP contribution in [0.1, 0.15) is 10.4 Å². The molecule has 1 aromatic heterocycles. The highest BCUT2D eigenvalue weighted by molar-refractivity contribution is 14.1. The van der Waals surface area contributed by atoms with Crippen LogP contribution in [0.2, 0.25) is 5.02 Å². The molecule has 0 aliphatic heterocycles. The molecule has 100 valence electrons. The Morgan fingerprint density at radius 1 is 1.25 bits per heavy atom. The van der Waals surface area contributed by atoms with Gasteiger partial charge in [-0.1, -0.05) is 11.6 Å². The van der Waals surface area contributed by atoms with E-state index in [0.717, 1.165) is 20.2 Å². The van der Waals surface area contributed by atoms with Gasteiger partial charge in [-0.3, -0.25) is 9.89 Å². The molecule has 4 nitrogen and oxygen atoms in total. The molecule has 1 heterocycles. The first-order valence-corrected chi connectivity index (χ1v) is 7.29. The average Bonchev–Trinajstić information content (AvgIpc) is 2.89. The maximum Gasteiger partial charge on any atom is 0.256 e. The standard InChI is InChI=1S/C14H9ClIN3O/c15-9-1-3-12(16)11(6-9)14(20)18-10-2-4-13-8(5-10)7-17-19-13/h1-7H,(H,17,19)(H,18,20). The molecule has 1 amide bonds. The van der Waals surface area contributed by atoms with Crippen molar-refractivity contribution in [2.45, 2.75) is 0 Å². The van der Waals surface area contributed by atoms with Crippen molar-refractivity contribution in [1.29, 1.82) is 0 Å². The predicted molar refractivity (Wildman–Crippen MR) is 88.2 cm³/mol. The van der Waals surface area contributed by atoms with Crippen molar-refractivity contribution in [3.8, 4) is 0 Å². The smallest absolute Gasteiger partial charge is 0.256 e. The molecule has 3 aromatic rings. The summed E-state index contributed by atoms with van der Waals surface area (Å²) in [5.41, 5.74) is 2.21. The number of rotatable bonds is 2. The van der Waals surface area contributed by atoms with Crippen molar-refractivity contribution < 1.29 is 4.79 Å². The van der Waals surface area contributed by atoms with Gasteiger partial charge in [0.15, 0.2) is 0 Å². The fourth-order valence-electron chi connectivity index (χ4n) is 1.89. The van der Waals surface area contributed by atoms with Crippen LogP contribution in [0.3, 0.4) is 0 Å². The SMILES string of the molecule is O=C(Nc1ccc2[nH]ncc2c1)c1cc(Cl)ccc1I. The van der Waals surface area contributed by atoms with Crippen LogP contribution in [0.25, 0.3) is 10.9 Å². The van der Waals surface area contributed by atoms with E-state index in [4.69, 9.17) is 11.6 Å². The van der Waals surface area contributed by atoms with Crippen molar-refractivity contribution in [2.75, 3.05) is 5.32 Å². The van der Waals surface area contributed by atoms with E-state index in [1.165, 1.54) is 0 Å². The summed E-state index contributed by atoms with van der Waals surface area (Å²) in [5, 5.41) is 11.2. The maximum atomic E-state index is 12.3. The molecule has 0 unspecified atom stereocenters. The molecule has 0 fully saturated rings. The zero-order valence-electron chi connectivity index (χ0n) is 10.2. The number of anilines is 1. The van der Waals surface area contributed by atoms with E-state index >= 15 is 0 Å². The molecular weight excluding hydrogens is 389 g/mol. The zero-order valence-corrected chi connectivity index (χ0v) is 13.1. The van der Waals surface area contributed by atoms with E-state index < -0.39 is 0 Å². The van der Waals surface area contributed by atoms with E-state index in [-0.39, 0.29) is 5.91 Å². The number of aromatic amines is 1. The fourth-order valence-corrected chi connectivity index (χ4v) is 2.64. The minimum Gasteiger partial charge on any atom is -0.322 e. The summed E-state index contributed by atoms with van der Waals surface area (Å²) < 4.78 is 0.855. The first kappa shape index (κ1) is 13.4. The second-order valence-electron chi connectivity index (χ2n) is 4.25. The predicted octanol–water partition coefficient (Wildman–Crippen LogP) is 4.07. The van der Waals surface area contributed by atoms with Gasteiger partial charge in [0.05, 0.1) is 17.3 Å². The molecule has 0 saturated carbocycles. The van der Waals surface area contributed by atoms with Gasteiger partial charge in [0.25, 0.3) is 5.91 Å². The minimum atomic E-state index is -0.181. The molecule has 2 aromatic carbocycles. The Balaban J connectivity index is 1.89. The molecule has 20 heavy (non-hydrogen) atoms. The van der Waals surface area contributed by atoms with Gasteiger partial charge in [-0.05, 0) is 59.0 Å². The topological polar surface area (TPSA) is 57.8 Å². The van der Waals surface area contributed by atoms with E-state index in [0.29, 0.717) is 10.6 Å². The number of fused-ring (bicyclic) bond motifs is 1. The summed E-state index contributed by atoms with van der Waals surface area (Å²) >= 11 is 8.05. The molecule has 0 aliphatic rings. The van der Waals surface area contributed by atoms with Crippen molar-refractivity contribution in [3.63, 3.8) is 0 Å². The lowest BCUT2D eigenvalue weighted by Crippen LogP contribution is -2.13. The molecule has 6 heteroatoms. The number of hydrogen-bond acceptors (Lipinski definition) is 2. The number of carbonyl (C=O) groups excluding carboxylic acids is 1. The fraction of sp³-hybridized carbons (Fsp3) is 0. The molecule has 0 atom stereocenters. The first-order chi connectivity index (χ1) is 9.63. The van der Waals surface area contributed by atoms with E-state index in [1.54, 1.807) is 18.3 Å². The number of nitrogens with zero attached hydrogens (tertiary/aromatic N) is 1. The highest BCUT2D eigenvalue weighted by Gasteiger charge is 2.11. The molecule has 0 spiro atoms. The summed E-state index contributed by atoms with van der Waals surface area (Å²) in [4.78, 5) is 12.3. The van der Waals surface area contributed by atoms with Crippen LogP contribution in [0.4, 0.5) is 5.69 Å². The van der Waals surface area contributed by atoms with E-state index in [1.807, 2.05) is 24.3 Å². The second kappa shape index (κ2) is 5.41. The van der Waals surface area contributed by atoms with E-state index in [9.17, 15) is 4.79 Å². The monoisotopic (exact) mass is 397 g/mol. The highest BCUT2D eigenvalue weighted by atomic mass is 127. The number of amides is 1. The third-order valence-corrected chi connectivity index (χ3v) is 4.05. The Bertz CT molecular complexity index is 800. The van der Waals surface area contributed by atoms with E-state index in [2.05, 4.69) is 38.1 Å². The Morgan fingerprint density at radius 3 is 2.95 bits per heavy atom. The van der Waals surface area contributed by atoms with Gasteiger partial charge in [-0.15, -0.1) is 0 Å². The number of halogens is 2. The lowest BCUT2D eigenvalue weighted by atomic mass is 10.2. The summed E-state index contributed by atoms with van der Waals surface area (Å²) in [5.74, 6) is -0.181. The number of nitrogens with one attached hydrogen (secondary N) is 2. The van der Waals surface area contributed by atoms with Crippen molar-refractivity contribution in [3.05, 3.63) is 56.8 Å². The van der Waals surface area contributed by atoms with Gasteiger partial charge in [-0.2, -0.15) is 5.10 Å². The van der Waals surface area contributed by atoms with Gasteiger partial charge >= 0.3 is 0 Å². The number of carbonyl (C=O) groups is 1. The normalized spacial score (nSPS) is 10.7. The Morgan fingerprint density at radius 2 is 2.10 bits per heavy atom. The molecule has 0 saturated heterocycles. The van der Waals surface area contributed by atoms with Gasteiger partial charge in [0.1, 0.15) is 0 Å². The van der Waals surface area contributed by atoms with Crippen LogP contribution in [-0.2, 0) is 0 Å². The van der Waals surface area contributed by atoms with Gasteiger partial charge in [-0.25, -0.2) is 0 Å². The third-order valence-electron chi connectivity index (χ3n) is 2.87. The lowest BCUT2D eigenvalue weighted by molar-refractivity contribution is 0.102. The van der Waals surface area contributed by atoms with Crippen molar-refractivity contribution in [1.82, 2.24) is 10.2 Å². The third kappa shape index (κ3) is 2.64. The summed E-state index contributed by atoms with van der Waals surface area (Å²) in [6, 6.07) is 10.8. The molecule has 2 N–H and O–H groups in total. The number of aromatic nitrogens is 2. The summed E-state index contributed by atoms with van der Waals surface area (Å²) in [6.07, 6.45) is 1.72. The quantitative estimate of drug-likeness (QED) is 0.640. The van der Waals surface area contributed by atoms with Gasteiger partial charge in [0, 0.05) is 19.7 Å². The number of benzene rings is 2. The summed E-state index contributed by atoms with van der Waals surface area (Å²) in [6.45, 7) is 0. The summed E-state index contributed by atoms with van der Waals surface area (Å²) in [7, 11) is 0. The lowest BCUT2D eigenvalue weighted by Gasteiger charge is -2.07. The largest absolute Gasteiger partial charge is 0.322 e. The minimum absolute atomic E-state index is 0.181. The molecule has 3 rings (SSSR count). The van der Waals surface area contributed by atoms with Gasteiger partial charge < -0.3 is 5.32 Å². The number of hydrogen-bond donors (Lipinski definition) is 2. The second-order valence-corrected chi connectivity index (χ2v) is 5.85. The zero-order chi connectivity index (χ0) is 14.1. The van der Waals surface area contributed by atoms with Crippen LogP contribution >= 0.6 is 34.2 Å². The molecule has 0 aliphatic carbocycles. The van der Waals surface area contributed by atoms with Crippen LogP contribution in [0.5, 0.6) is 0 Å². The average molecular weight is 398 g/mol. The van der Waals surface area contributed by atoms with Crippen LogP contribution in [0.15, 0.2) is 42.6 Å². The van der Waals surface area contributed by atoms with Gasteiger partial charge in [0.2, 0.25) is 0 Å². The van der Waals surface area contributed by atoms with Crippen LogP contribution < -0.4 is 5.32 Å². The molecule has 0 radical (unpaired) electrons. The Labute approximate surface area is 133 Å². The highest BCUT2D eigenvalue weighted by Crippen LogP contribution is 2.21. The Hall–Kier alpha value is -1.60. The van der Waals surface area contributed by atoms with Crippen molar-refractivity contribution >= 4 is 56.7 Å². The first-order valence-electron chi connectivity index (χ1n) is 5.83. The molecule has 0 bridgehead atoms. The van der Waals surface area contributed by atoms with Crippen LogP contribution in [-0.4, -0.2) is 16.1 Å². The maximum absolute atomic E-state index is 12.3. The Kier molecular flexibility index (Phi) is 3.62. The van der Waals surface area contributed by atoms with Crippen LogP contribution in [0, 0.1) is 3.57 Å². The number of H-pyrrole nitrogens is 1. The van der Waals surface area contributed by atoms with Crippen molar-refractivity contribution in [2.24, 2.45) is 0 Å². The molecular formula is C14H9ClIN3O.